The molecule has 1 saturated carbocycles. The predicted octanol–water partition coefficient (Wildman–Crippen LogP) is 4.46. The van der Waals surface area contributed by atoms with Gasteiger partial charge in [0.25, 0.3) is 5.91 Å². The summed E-state index contributed by atoms with van der Waals surface area (Å²) in [4.78, 5) is 19.5. The van der Waals surface area contributed by atoms with E-state index in [1.54, 1.807) is 24.5 Å². The molecule has 5 rings (SSSR count). The molecule has 1 fully saturated rings. The number of fused-ring (bicyclic) bond motifs is 1. The third kappa shape index (κ3) is 4.19. The normalized spacial score (nSPS) is 18.9. The zero-order valence-electron chi connectivity index (χ0n) is 16.8. The number of carbonyl (C=O) groups is 1. The fourth-order valence-electron chi connectivity index (χ4n) is 4.18. The zero-order valence-corrected chi connectivity index (χ0v) is 16.8. The Morgan fingerprint density at radius 2 is 1.90 bits per heavy atom. The number of aromatic nitrogens is 4. The number of benzene rings is 1. The molecule has 3 heterocycles. The number of rotatable bonds is 5. The van der Waals surface area contributed by atoms with Crippen molar-refractivity contribution in [2.45, 2.75) is 31.6 Å². The largest absolute Gasteiger partial charge is 0.420 e. The average Bonchev–Trinajstić information content (AvgIpc) is 3.46. The number of carbonyl (C=O) groups excluding carboxylic acids is 1. The van der Waals surface area contributed by atoms with E-state index >= 15 is 0 Å². The number of halogens is 1. The summed E-state index contributed by atoms with van der Waals surface area (Å²) >= 11 is 0. The van der Waals surface area contributed by atoms with Crippen molar-refractivity contribution in [3.8, 4) is 11.5 Å². The van der Waals surface area contributed by atoms with Gasteiger partial charge in [-0.3, -0.25) is 9.78 Å². The molecule has 0 saturated heterocycles. The molecule has 0 bridgehead atoms. The Bertz CT molecular complexity index is 1200. The van der Waals surface area contributed by atoms with Gasteiger partial charge in [-0.25, -0.2) is 4.39 Å². The van der Waals surface area contributed by atoms with Gasteiger partial charge in [0.15, 0.2) is 0 Å². The van der Waals surface area contributed by atoms with Crippen LogP contribution in [0.2, 0.25) is 0 Å². The summed E-state index contributed by atoms with van der Waals surface area (Å²) in [7, 11) is 0. The molecule has 0 radical (unpaired) electrons. The molecule has 2 N–H and O–H groups in total. The number of pyridine rings is 1. The molecule has 4 aromatic rings. The Kier molecular flexibility index (Phi) is 5.19. The van der Waals surface area contributed by atoms with Crippen molar-refractivity contribution in [2.75, 3.05) is 6.54 Å². The molecule has 1 aliphatic carbocycles. The monoisotopic (exact) mass is 419 g/mol. The maximum atomic E-state index is 13.3. The van der Waals surface area contributed by atoms with Crippen LogP contribution >= 0.6 is 0 Å². The van der Waals surface area contributed by atoms with Gasteiger partial charge in [-0.2, -0.15) is 0 Å². The van der Waals surface area contributed by atoms with E-state index in [0.717, 1.165) is 36.8 Å². The highest BCUT2D eigenvalue weighted by Gasteiger charge is 2.27. The molecule has 1 aliphatic rings. The topological polar surface area (TPSA) is 96.7 Å². The minimum absolute atomic E-state index is 0.169. The van der Waals surface area contributed by atoms with Crippen molar-refractivity contribution in [3.05, 3.63) is 66.2 Å². The van der Waals surface area contributed by atoms with Crippen LogP contribution in [-0.4, -0.2) is 32.6 Å². The number of H-pyrrole nitrogens is 1. The van der Waals surface area contributed by atoms with Crippen LogP contribution < -0.4 is 5.32 Å². The number of aromatic amines is 1. The van der Waals surface area contributed by atoms with Crippen molar-refractivity contribution in [1.29, 1.82) is 0 Å². The van der Waals surface area contributed by atoms with Crippen LogP contribution in [0.25, 0.3) is 22.4 Å². The van der Waals surface area contributed by atoms with E-state index in [0.29, 0.717) is 35.3 Å². The molecule has 31 heavy (non-hydrogen) atoms. The SMILES string of the molecule is O=C(NCC1CCC(c2nnc(-c3ccncc3)o2)CC1)c1cc2cc(F)ccc2[nH]1. The summed E-state index contributed by atoms with van der Waals surface area (Å²) < 4.78 is 19.2. The van der Waals surface area contributed by atoms with Crippen molar-refractivity contribution in [3.63, 3.8) is 0 Å². The van der Waals surface area contributed by atoms with Gasteiger partial charge in [0.2, 0.25) is 11.8 Å². The fourth-order valence-corrected chi connectivity index (χ4v) is 4.18. The van der Waals surface area contributed by atoms with Crippen LogP contribution in [0.1, 0.15) is 48.0 Å². The Morgan fingerprint density at radius 3 is 2.71 bits per heavy atom. The molecule has 0 atom stereocenters. The second-order valence-corrected chi connectivity index (χ2v) is 8.02. The first kappa shape index (κ1) is 19.4. The second-order valence-electron chi connectivity index (χ2n) is 8.02. The molecule has 158 valence electrons. The van der Waals surface area contributed by atoms with Gasteiger partial charge in [0.05, 0.1) is 0 Å². The molecule has 0 unspecified atom stereocenters. The van der Waals surface area contributed by atoms with Crippen LogP contribution in [0.5, 0.6) is 0 Å². The molecular formula is C23H22FN5O2. The van der Waals surface area contributed by atoms with Crippen LogP contribution in [0.4, 0.5) is 4.39 Å². The second kappa shape index (κ2) is 8.29. The zero-order chi connectivity index (χ0) is 21.2. The lowest BCUT2D eigenvalue weighted by Crippen LogP contribution is -2.31. The lowest BCUT2D eigenvalue weighted by molar-refractivity contribution is 0.0938. The van der Waals surface area contributed by atoms with Gasteiger partial charge in [-0.1, -0.05) is 0 Å². The van der Waals surface area contributed by atoms with Gasteiger partial charge in [-0.05, 0) is 68.0 Å². The van der Waals surface area contributed by atoms with Crippen LogP contribution in [-0.2, 0) is 0 Å². The summed E-state index contributed by atoms with van der Waals surface area (Å²) in [5.41, 5.74) is 2.06. The van der Waals surface area contributed by atoms with Gasteiger partial charge < -0.3 is 14.7 Å². The van der Waals surface area contributed by atoms with E-state index in [2.05, 4.69) is 25.5 Å². The van der Waals surface area contributed by atoms with E-state index in [1.807, 2.05) is 12.1 Å². The van der Waals surface area contributed by atoms with Gasteiger partial charge in [0, 0.05) is 41.3 Å². The van der Waals surface area contributed by atoms with Crippen molar-refractivity contribution < 1.29 is 13.6 Å². The van der Waals surface area contributed by atoms with Gasteiger partial charge in [0.1, 0.15) is 11.5 Å². The highest BCUT2D eigenvalue weighted by molar-refractivity contribution is 5.98. The van der Waals surface area contributed by atoms with Crippen molar-refractivity contribution in [2.24, 2.45) is 5.92 Å². The summed E-state index contributed by atoms with van der Waals surface area (Å²) in [6, 6.07) is 9.81. The predicted molar refractivity (Wildman–Crippen MR) is 113 cm³/mol. The van der Waals surface area contributed by atoms with E-state index in [-0.39, 0.29) is 17.6 Å². The Morgan fingerprint density at radius 1 is 1.10 bits per heavy atom. The van der Waals surface area contributed by atoms with Gasteiger partial charge in [-0.15, -0.1) is 10.2 Å². The summed E-state index contributed by atoms with van der Waals surface area (Å²) in [5.74, 6) is 1.37. The third-order valence-electron chi connectivity index (χ3n) is 5.94. The molecule has 0 aliphatic heterocycles. The smallest absolute Gasteiger partial charge is 0.267 e. The highest BCUT2D eigenvalue weighted by Crippen LogP contribution is 2.35. The molecule has 1 aromatic carbocycles. The Balaban J connectivity index is 1.14. The maximum Gasteiger partial charge on any atom is 0.267 e. The number of nitrogens with one attached hydrogen (secondary N) is 2. The quantitative estimate of drug-likeness (QED) is 0.498. The van der Waals surface area contributed by atoms with Crippen molar-refractivity contribution >= 4 is 16.8 Å². The maximum absolute atomic E-state index is 13.3. The molecule has 8 heteroatoms. The molecular weight excluding hydrogens is 397 g/mol. The first-order chi connectivity index (χ1) is 15.2. The van der Waals surface area contributed by atoms with Crippen LogP contribution in [0.15, 0.2) is 53.2 Å². The molecule has 0 spiro atoms. The van der Waals surface area contributed by atoms with Crippen molar-refractivity contribution in [1.82, 2.24) is 25.5 Å². The highest BCUT2D eigenvalue weighted by atomic mass is 19.1. The lowest BCUT2D eigenvalue weighted by Gasteiger charge is -2.26. The standard InChI is InChI=1S/C23H22FN5O2/c24-18-5-6-19-17(11-18)12-20(27-19)21(30)26-13-14-1-3-15(4-2-14)22-28-29-23(31-22)16-7-9-25-10-8-16/h5-12,14-15,27H,1-4,13H2,(H,26,30). The summed E-state index contributed by atoms with van der Waals surface area (Å²) in [5, 5.41) is 12.1. The minimum atomic E-state index is -0.315. The lowest BCUT2D eigenvalue weighted by atomic mass is 9.82. The number of amides is 1. The van der Waals surface area contributed by atoms with E-state index < -0.39 is 0 Å². The third-order valence-corrected chi connectivity index (χ3v) is 5.94. The molecule has 3 aromatic heterocycles. The Hall–Kier alpha value is -3.55. The van der Waals surface area contributed by atoms with Crippen LogP contribution in [0, 0.1) is 11.7 Å². The van der Waals surface area contributed by atoms with E-state index in [9.17, 15) is 9.18 Å². The van der Waals surface area contributed by atoms with Gasteiger partial charge >= 0.3 is 0 Å². The summed E-state index contributed by atoms with van der Waals surface area (Å²) in [6.45, 7) is 0.612. The van der Waals surface area contributed by atoms with E-state index in [4.69, 9.17) is 4.42 Å². The first-order valence-electron chi connectivity index (χ1n) is 10.5. The van der Waals surface area contributed by atoms with Crippen LogP contribution in [0.3, 0.4) is 0 Å². The molecule has 1 amide bonds. The van der Waals surface area contributed by atoms with E-state index in [1.165, 1.54) is 12.1 Å². The Labute approximate surface area is 178 Å². The number of hydrogen-bond acceptors (Lipinski definition) is 5. The fraction of sp³-hybridized carbons (Fsp3) is 0.304. The number of hydrogen-bond donors (Lipinski definition) is 2. The average molecular weight is 419 g/mol. The summed E-state index contributed by atoms with van der Waals surface area (Å²) in [6.07, 6.45) is 7.26. The number of nitrogens with zero attached hydrogens (tertiary/aromatic N) is 3. The molecule has 7 nitrogen and oxygen atoms in total. The minimum Gasteiger partial charge on any atom is -0.420 e. The first-order valence-corrected chi connectivity index (χ1v) is 10.5.